The highest BCUT2D eigenvalue weighted by Gasteiger charge is 2.17. The number of aryl methyl sites for hydroxylation is 1. The molecule has 4 nitrogen and oxygen atoms in total. The van der Waals surface area contributed by atoms with Crippen LogP contribution in [0.1, 0.15) is 23.1 Å². The van der Waals surface area contributed by atoms with E-state index in [4.69, 9.17) is 0 Å². The molecule has 3 rings (SSSR count). The van der Waals surface area contributed by atoms with Gasteiger partial charge in [0.2, 0.25) is 11.8 Å². The van der Waals surface area contributed by atoms with E-state index in [-0.39, 0.29) is 24.1 Å². The lowest BCUT2D eigenvalue weighted by molar-refractivity contribution is -0.121. The fourth-order valence-corrected chi connectivity index (χ4v) is 2.63. The molecule has 0 unspecified atom stereocenters. The highest BCUT2D eigenvalue weighted by molar-refractivity contribution is 5.99. The fourth-order valence-electron chi connectivity index (χ4n) is 2.63. The zero-order valence-electron chi connectivity index (χ0n) is 12.6. The van der Waals surface area contributed by atoms with Gasteiger partial charge in [0.05, 0.1) is 6.42 Å². The van der Waals surface area contributed by atoms with Gasteiger partial charge in [0.25, 0.3) is 0 Å². The molecule has 118 valence electrons. The van der Waals surface area contributed by atoms with Crippen molar-refractivity contribution < 1.29 is 14.0 Å². The number of carbonyl (C=O) groups excluding carboxylic acids is 2. The summed E-state index contributed by atoms with van der Waals surface area (Å²) in [4.78, 5) is 23.2. The molecule has 0 spiro atoms. The van der Waals surface area contributed by atoms with Crippen molar-refractivity contribution in [2.24, 2.45) is 0 Å². The van der Waals surface area contributed by atoms with Crippen molar-refractivity contribution in [2.75, 3.05) is 5.32 Å². The third-order valence-electron chi connectivity index (χ3n) is 3.86. The summed E-state index contributed by atoms with van der Waals surface area (Å²) in [6.45, 7) is 0.400. The second-order valence-corrected chi connectivity index (χ2v) is 5.58. The number of nitrogens with one attached hydrogen (secondary N) is 2. The van der Waals surface area contributed by atoms with E-state index in [1.54, 1.807) is 18.2 Å². The highest BCUT2D eigenvalue weighted by Crippen LogP contribution is 2.23. The molecule has 1 aliphatic heterocycles. The van der Waals surface area contributed by atoms with E-state index < -0.39 is 0 Å². The molecule has 5 heteroatoms. The van der Waals surface area contributed by atoms with E-state index in [1.807, 2.05) is 18.2 Å². The number of carbonyl (C=O) groups is 2. The summed E-state index contributed by atoms with van der Waals surface area (Å²) in [6.07, 6.45) is 0.997. The van der Waals surface area contributed by atoms with Gasteiger partial charge in [-0.05, 0) is 35.2 Å². The third-order valence-corrected chi connectivity index (χ3v) is 3.86. The van der Waals surface area contributed by atoms with E-state index >= 15 is 0 Å². The number of hydrogen-bond donors (Lipinski definition) is 2. The summed E-state index contributed by atoms with van der Waals surface area (Å²) in [5.74, 6) is -0.412. The Balaban J connectivity index is 1.51. The molecule has 0 aromatic heterocycles. The van der Waals surface area contributed by atoms with Crippen molar-refractivity contribution in [3.8, 4) is 0 Å². The van der Waals surface area contributed by atoms with Crippen LogP contribution in [0.3, 0.4) is 0 Å². The molecule has 0 atom stereocenters. The fraction of sp³-hybridized carbons (Fsp3) is 0.222. The summed E-state index contributed by atoms with van der Waals surface area (Å²) < 4.78 is 13.5. The van der Waals surface area contributed by atoms with Crippen LogP contribution in [0.2, 0.25) is 0 Å². The Morgan fingerprint density at radius 1 is 1.22 bits per heavy atom. The maximum absolute atomic E-state index is 13.5. The molecule has 0 radical (unpaired) electrons. The average Bonchev–Trinajstić information content (AvgIpc) is 2.91. The van der Waals surface area contributed by atoms with E-state index in [1.165, 1.54) is 6.07 Å². The van der Waals surface area contributed by atoms with Crippen LogP contribution < -0.4 is 10.6 Å². The van der Waals surface area contributed by atoms with Crippen LogP contribution in [0.25, 0.3) is 0 Å². The maximum atomic E-state index is 13.5. The van der Waals surface area contributed by atoms with Crippen LogP contribution in [0.15, 0.2) is 42.5 Å². The summed E-state index contributed by atoms with van der Waals surface area (Å²) in [7, 11) is 0. The number of anilines is 1. The molecule has 2 aromatic carbocycles. The van der Waals surface area contributed by atoms with Crippen molar-refractivity contribution >= 4 is 17.5 Å². The molecule has 0 fully saturated rings. The molecular formula is C18H17FN2O2. The van der Waals surface area contributed by atoms with E-state index in [0.29, 0.717) is 24.9 Å². The largest absolute Gasteiger partial charge is 0.352 e. The van der Waals surface area contributed by atoms with E-state index in [9.17, 15) is 14.0 Å². The SMILES string of the molecule is O=C(CCc1ccccc1F)NCc1ccc2c(c1)CC(=O)N2. The second kappa shape index (κ2) is 6.60. The first-order valence-corrected chi connectivity index (χ1v) is 7.53. The van der Waals surface area contributed by atoms with Crippen LogP contribution in [0.4, 0.5) is 10.1 Å². The summed E-state index contributed by atoms with van der Waals surface area (Å²) >= 11 is 0. The molecule has 2 N–H and O–H groups in total. The van der Waals surface area contributed by atoms with Gasteiger partial charge in [-0.1, -0.05) is 30.3 Å². The number of rotatable bonds is 5. The van der Waals surface area contributed by atoms with Crippen molar-refractivity contribution in [2.45, 2.75) is 25.8 Å². The molecule has 0 saturated carbocycles. The highest BCUT2D eigenvalue weighted by atomic mass is 19.1. The quantitative estimate of drug-likeness (QED) is 0.891. The minimum Gasteiger partial charge on any atom is -0.352 e. The number of halogens is 1. The first kappa shape index (κ1) is 15.2. The van der Waals surface area contributed by atoms with E-state index in [0.717, 1.165) is 16.8 Å². The number of fused-ring (bicyclic) bond motifs is 1. The topological polar surface area (TPSA) is 58.2 Å². The standard InChI is InChI=1S/C18H17FN2O2/c19-15-4-2-1-3-13(15)6-8-17(22)20-11-12-5-7-16-14(9-12)10-18(23)21-16/h1-5,7,9H,6,8,10-11H2,(H,20,22)(H,21,23). The number of amides is 2. The Bertz CT molecular complexity index is 758. The second-order valence-electron chi connectivity index (χ2n) is 5.58. The zero-order valence-corrected chi connectivity index (χ0v) is 12.6. The van der Waals surface area contributed by atoms with Crippen molar-refractivity contribution in [1.82, 2.24) is 5.32 Å². The first-order valence-electron chi connectivity index (χ1n) is 7.53. The normalized spacial score (nSPS) is 12.7. The number of benzene rings is 2. The van der Waals surface area contributed by atoms with Crippen LogP contribution >= 0.6 is 0 Å². The minimum absolute atomic E-state index is 0.00827. The molecule has 0 aliphatic carbocycles. The molecule has 1 aliphatic rings. The van der Waals surface area contributed by atoms with Crippen LogP contribution in [0.5, 0.6) is 0 Å². The van der Waals surface area contributed by atoms with Gasteiger partial charge >= 0.3 is 0 Å². The third kappa shape index (κ3) is 3.74. The van der Waals surface area contributed by atoms with Crippen LogP contribution in [0, 0.1) is 5.82 Å². The Morgan fingerprint density at radius 2 is 2.04 bits per heavy atom. The first-order chi connectivity index (χ1) is 11.1. The molecule has 0 bridgehead atoms. The molecule has 1 heterocycles. The van der Waals surface area contributed by atoms with Gasteiger partial charge in [-0.3, -0.25) is 9.59 Å². The van der Waals surface area contributed by atoms with Gasteiger partial charge in [-0.25, -0.2) is 4.39 Å². The molecule has 2 amide bonds. The average molecular weight is 312 g/mol. The Hall–Kier alpha value is -2.69. The van der Waals surface area contributed by atoms with Crippen molar-refractivity contribution in [1.29, 1.82) is 0 Å². The van der Waals surface area contributed by atoms with Gasteiger partial charge in [-0.2, -0.15) is 0 Å². The Labute approximate surface area is 133 Å². The van der Waals surface area contributed by atoms with Gasteiger partial charge in [0.15, 0.2) is 0 Å². The molecular weight excluding hydrogens is 295 g/mol. The summed E-state index contributed by atoms with van der Waals surface area (Å²) in [5, 5.41) is 5.60. The maximum Gasteiger partial charge on any atom is 0.228 e. The Morgan fingerprint density at radius 3 is 2.87 bits per heavy atom. The monoisotopic (exact) mass is 312 g/mol. The Kier molecular flexibility index (Phi) is 4.37. The van der Waals surface area contributed by atoms with Crippen molar-refractivity contribution in [3.05, 3.63) is 65.0 Å². The summed E-state index contributed by atoms with van der Waals surface area (Å²) in [5.41, 5.74) is 3.28. The lowest BCUT2D eigenvalue weighted by Crippen LogP contribution is -2.23. The molecule has 2 aromatic rings. The van der Waals surface area contributed by atoms with Gasteiger partial charge in [-0.15, -0.1) is 0 Å². The lowest BCUT2D eigenvalue weighted by Gasteiger charge is -2.07. The van der Waals surface area contributed by atoms with Gasteiger partial charge < -0.3 is 10.6 Å². The molecule has 0 saturated heterocycles. The molecule has 23 heavy (non-hydrogen) atoms. The number of hydrogen-bond acceptors (Lipinski definition) is 2. The van der Waals surface area contributed by atoms with Crippen LogP contribution in [-0.2, 0) is 29.0 Å². The smallest absolute Gasteiger partial charge is 0.228 e. The lowest BCUT2D eigenvalue weighted by atomic mass is 10.1. The van der Waals surface area contributed by atoms with Crippen LogP contribution in [-0.4, -0.2) is 11.8 Å². The van der Waals surface area contributed by atoms with Crippen molar-refractivity contribution in [3.63, 3.8) is 0 Å². The van der Waals surface area contributed by atoms with Gasteiger partial charge in [0.1, 0.15) is 5.82 Å². The van der Waals surface area contributed by atoms with Gasteiger partial charge in [0, 0.05) is 18.7 Å². The zero-order chi connectivity index (χ0) is 16.2. The predicted octanol–water partition coefficient (Wildman–Crippen LogP) is 2.57. The van der Waals surface area contributed by atoms with E-state index in [2.05, 4.69) is 10.6 Å². The predicted molar refractivity (Wildman–Crippen MR) is 85.3 cm³/mol. The minimum atomic E-state index is -0.281. The summed E-state index contributed by atoms with van der Waals surface area (Å²) in [6, 6.07) is 12.1.